The Morgan fingerprint density at radius 2 is 1.93 bits per heavy atom. The molecular formula is C22H17Cl2IN2O3. The largest absolute Gasteiger partial charge is 0.493 e. The van der Waals surface area contributed by atoms with E-state index in [2.05, 4.69) is 33.1 Å². The van der Waals surface area contributed by atoms with E-state index in [0.29, 0.717) is 33.7 Å². The summed E-state index contributed by atoms with van der Waals surface area (Å²) in [4.78, 5) is 12.1. The first-order valence-corrected chi connectivity index (χ1v) is 10.6. The molecule has 0 aliphatic rings. The summed E-state index contributed by atoms with van der Waals surface area (Å²) < 4.78 is 12.3. The molecule has 3 aromatic carbocycles. The van der Waals surface area contributed by atoms with Crippen LogP contribution in [0.4, 0.5) is 0 Å². The molecule has 0 unspecified atom stereocenters. The second-order valence-corrected chi connectivity index (χ2v) is 8.13. The van der Waals surface area contributed by atoms with Crippen molar-refractivity contribution >= 4 is 57.9 Å². The van der Waals surface area contributed by atoms with E-state index in [-0.39, 0.29) is 5.91 Å². The van der Waals surface area contributed by atoms with Crippen molar-refractivity contribution in [2.75, 3.05) is 7.11 Å². The fourth-order valence-corrected chi connectivity index (χ4v) is 3.74. The molecule has 154 valence electrons. The summed E-state index contributed by atoms with van der Waals surface area (Å²) in [5, 5.41) is 5.14. The Kier molecular flexibility index (Phi) is 7.95. The molecule has 0 heterocycles. The van der Waals surface area contributed by atoms with Crippen molar-refractivity contribution in [2.24, 2.45) is 5.10 Å². The third-order valence-electron chi connectivity index (χ3n) is 4.05. The van der Waals surface area contributed by atoms with Gasteiger partial charge in [-0.3, -0.25) is 4.79 Å². The zero-order valence-corrected chi connectivity index (χ0v) is 19.5. The number of nitrogens with zero attached hydrogens (tertiary/aromatic N) is 1. The van der Waals surface area contributed by atoms with Crippen LogP contribution in [0.15, 0.2) is 65.8 Å². The van der Waals surface area contributed by atoms with Crippen LogP contribution >= 0.6 is 45.8 Å². The minimum atomic E-state index is -0.352. The molecule has 0 bridgehead atoms. The van der Waals surface area contributed by atoms with Crippen LogP contribution in [0.1, 0.15) is 21.5 Å². The van der Waals surface area contributed by atoms with Gasteiger partial charge in [0.05, 0.1) is 16.9 Å². The van der Waals surface area contributed by atoms with Crippen LogP contribution in [-0.4, -0.2) is 19.2 Å². The van der Waals surface area contributed by atoms with Crippen LogP contribution in [0.3, 0.4) is 0 Å². The van der Waals surface area contributed by atoms with Crippen molar-refractivity contribution in [2.45, 2.75) is 6.61 Å². The number of carbonyl (C=O) groups excluding carboxylic acids is 1. The second-order valence-electron chi connectivity index (χ2n) is 6.12. The van der Waals surface area contributed by atoms with Gasteiger partial charge in [0.15, 0.2) is 11.5 Å². The number of hydrogen-bond donors (Lipinski definition) is 1. The number of hydrogen-bond acceptors (Lipinski definition) is 4. The number of methoxy groups -OCH3 is 1. The van der Waals surface area contributed by atoms with Gasteiger partial charge in [-0.05, 0) is 64.6 Å². The Balaban J connectivity index is 1.71. The smallest absolute Gasteiger partial charge is 0.271 e. The van der Waals surface area contributed by atoms with E-state index < -0.39 is 0 Å². The Bertz CT molecular complexity index is 1090. The summed E-state index contributed by atoms with van der Waals surface area (Å²) in [6, 6.07) is 17.8. The maximum atomic E-state index is 12.1. The number of rotatable bonds is 7. The van der Waals surface area contributed by atoms with Gasteiger partial charge in [-0.25, -0.2) is 5.43 Å². The van der Waals surface area contributed by atoms with E-state index >= 15 is 0 Å². The topological polar surface area (TPSA) is 59.9 Å². The molecule has 0 aliphatic carbocycles. The first-order valence-electron chi connectivity index (χ1n) is 8.80. The first kappa shape index (κ1) is 22.4. The van der Waals surface area contributed by atoms with Gasteiger partial charge in [-0.2, -0.15) is 5.10 Å². The van der Waals surface area contributed by atoms with E-state index in [1.54, 1.807) is 37.4 Å². The van der Waals surface area contributed by atoms with E-state index in [4.69, 9.17) is 32.7 Å². The van der Waals surface area contributed by atoms with Crippen LogP contribution in [0.25, 0.3) is 0 Å². The molecule has 0 aromatic heterocycles. The molecule has 0 fully saturated rings. The van der Waals surface area contributed by atoms with Crippen molar-refractivity contribution < 1.29 is 14.3 Å². The van der Waals surface area contributed by atoms with Crippen LogP contribution < -0.4 is 14.9 Å². The molecule has 0 aliphatic heterocycles. The van der Waals surface area contributed by atoms with E-state index in [0.717, 1.165) is 14.7 Å². The van der Waals surface area contributed by atoms with Gasteiger partial charge in [0.25, 0.3) is 5.91 Å². The van der Waals surface area contributed by atoms with Crippen molar-refractivity contribution in [1.82, 2.24) is 5.43 Å². The van der Waals surface area contributed by atoms with Gasteiger partial charge < -0.3 is 9.47 Å². The van der Waals surface area contributed by atoms with Crippen molar-refractivity contribution in [3.63, 3.8) is 0 Å². The van der Waals surface area contributed by atoms with Crippen molar-refractivity contribution in [1.29, 1.82) is 0 Å². The van der Waals surface area contributed by atoms with E-state index in [9.17, 15) is 4.79 Å². The standard InChI is InChI=1S/C22H17Cl2IN2O3/c1-29-20-10-14(12-26-27-22(28)15-6-4-7-17(23)11-15)9-19(25)21(20)30-13-16-5-2-3-8-18(16)24/h2-12H,13H2,1H3,(H,27,28)/b26-12-. The Labute approximate surface area is 198 Å². The van der Waals surface area contributed by atoms with Crippen LogP contribution in [0, 0.1) is 3.57 Å². The predicted molar refractivity (Wildman–Crippen MR) is 128 cm³/mol. The molecule has 0 spiro atoms. The highest BCUT2D eigenvalue weighted by Gasteiger charge is 2.12. The lowest BCUT2D eigenvalue weighted by atomic mass is 10.2. The number of ether oxygens (including phenoxy) is 2. The minimum absolute atomic E-state index is 0.315. The summed E-state index contributed by atoms with van der Waals surface area (Å²) in [5.41, 5.74) is 4.53. The molecule has 0 saturated carbocycles. The lowest BCUT2D eigenvalue weighted by Gasteiger charge is -2.14. The van der Waals surface area contributed by atoms with Crippen LogP contribution in [0.2, 0.25) is 10.0 Å². The van der Waals surface area contributed by atoms with Gasteiger partial charge in [0.2, 0.25) is 0 Å². The molecular weight excluding hydrogens is 538 g/mol. The molecule has 8 heteroatoms. The minimum Gasteiger partial charge on any atom is -0.493 e. The summed E-state index contributed by atoms with van der Waals surface area (Å²) in [7, 11) is 1.57. The van der Waals surface area contributed by atoms with Crippen LogP contribution in [0.5, 0.6) is 11.5 Å². The second kappa shape index (κ2) is 10.7. The monoisotopic (exact) mass is 554 g/mol. The number of benzene rings is 3. The Morgan fingerprint density at radius 1 is 1.13 bits per heavy atom. The summed E-state index contributed by atoms with van der Waals surface area (Å²) in [6.45, 7) is 0.315. The Hall–Kier alpha value is -2.29. The van der Waals surface area contributed by atoms with Crippen LogP contribution in [-0.2, 0) is 6.61 Å². The van der Waals surface area contributed by atoms with E-state index in [1.807, 2.05) is 30.3 Å². The lowest BCUT2D eigenvalue weighted by Crippen LogP contribution is -2.17. The van der Waals surface area contributed by atoms with Crippen molar-refractivity contribution in [3.8, 4) is 11.5 Å². The molecule has 3 rings (SSSR count). The van der Waals surface area contributed by atoms with Gasteiger partial charge in [-0.1, -0.05) is 47.5 Å². The average molecular weight is 555 g/mol. The fraction of sp³-hybridized carbons (Fsp3) is 0.0909. The SMILES string of the molecule is COc1cc(/C=N\NC(=O)c2cccc(Cl)c2)cc(I)c1OCc1ccccc1Cl. The van der Waals surface area contributed by atoms with Gasteiger partial charge in [0, 0.05) is 21.2 Å². The maximum absolute atomic E-state index is 12.1. The molecule has 0 radical (unpaired) electrons. The number of hydrazone groups is 1. The zero-order chi connectivity index (χ0) is 21.5. The zero-order valence-electron chi connectivity index (χ0n) is 15.9. The number of amides is 1. The highest BCUT2D eigenvalue weighted by molar-refractivity contribution is 14.1. The fourth-order valence-electron chi connectivity index (χ4n) is 2.58. The highest BCUT2D eigenvalue weighted by atomic mass is 127. The predicted octanol–water partition coefficient (Wildman–Crippen LogP) is 5.95. The number of halogens is 3. The normalized spacial score (nSPS) is 10.8. The third kappa shape index (κ3) is 5.87. The van der Waals surface area contributed by atoms with Gasteiger partial charge in [0.1, 0.15) is 6.61 Å². The maximum Gasteiger partial charge on any atom is 0.271 e. The molecule has 0 saturated heterocycles. The van der Waals surface area contributed by atoms with E-state index in [1.165, 1.54) is 6.21 Å². The molecule has 1 amide bonds. The number of nitrogens with one attached hydrogen (secondary N) is 1. The van der Waals surface area contributed by atoms with Gasteiger partial charge in [-0.15, -0.1) is 0 Å². The molecule has 3 aromatic rings. The van der Waals surface area contributed by atoms with Crippen molar-refractivity contribution in [3.05, 3.63) is 91.0 Å². The molecule has 1 N–H and O–H groups in total. The summed E-state index contributed by atoms with van der Waals surface area (Å²) in [5.74, 6) is 0.810. The first-order chi connectivity index (χ1) is 14.5. The summed E-state index contributed by atoms with van der Waals surface area (Å²) >= 11 is 14.3. The summed E-state index contributed by atoms with van der Waals surface area (Å²) in [6.07, 6.45) is 1.53. The number of carbonyl (C=O) groups is 1. The highest BCUT2D eigenvalue weighted by Crippen LogP contribution is 2.34. The lowest BCUT2D eigenvalue weighted by molar-refractivity contribution is 0.0955. The molecule has 30 heavy (non-hydrogen) atoms. The van der Waals surface area contributed by atoms with Gasteiger partial charge >= 0.3 is 0 Å². The molecule has 0 atom stereocenters. The third-order valence-corrected chi connectivity index (χ3v) is 5.45. The average Bonchev–Trinajstić information content (AvgIpc) is 2.73. The Morgan fingerprint density at radius 3 is 2.67 bits per heavy atom. The quantitative estimate of drug-likeness (QED) is 0.223. The molecule has 5 nitrogen and oxygen atoms in total.